The molecular formula is C11H13ClN2O3. The van der Waals surface area contributed by atoms with Gasteiger partial charge in [-0.25, -0.2) is 0 Å². The van der Waals surface area contributed by atoms with Crippen LogP contribution in [0.4, 0.5) is 5.69 Å². The zero-order chi connectivity index (χ0) is 12.8. The van der Waals surface area contributed by atoms with Crippen molar-refractivity contribution < 1.29 is 9.72 Å². The Morgan fingerprint density at radius 3 is 2.53 bits per heavy atom. The summed E-state index contributed by atoms with van der Waals surface area (Å²) in [5, 5.41) is 13.1. The van der Waals surface area contributed by atoms with E-state index in [2.05, 4.69) is 5.32 Å². The molecule has 6 heteroatoms. The third-order valence-electron chi connectivity index (χ3n) is 2.21. The fourth-order valence-corrected chi connectivity index (χ4v) is 1.27. The molecule has 0 aliphatic heterocycles. The average molecular weight is 257 g/mol. The second-order valence-corrected chi connectivity index (χ2v) is 4.08. The van der Waals surface area contributed by atoms with Gasteiger partial charge in [-0.1, -0.05) is 6.92 Å². The third-order valence-corrected chi connectivity index (χ3v) is 2.74. The van der Waals surface area contributed by atoms with Gasteiger partial charge in [0.1, 0.15) is 0 Å². The molecule has 1 atom stereocenters. The predicted octanol–water partition coefficient (Wildman–Crippen LogP) is 2.20. The average Bonchev–Trinajstić information content (AvgIpc) is 2.35. The molecule has 1 aromatic rings. The molecule has 0 saturated heterocycles. The fourth-order valence-electron chi connectivity index (χ4n) is 1.16. The summed E-state index contributed by atoms with van der Waals surface area (Å²) in [5.74, 6) is 0.413. The standard InChI is InChI=1S/C11H13ClN2O3/c1-8(6-12)7-13-11(15)9-2-4-10(5-3-9)14(16)17/h2-5,8H,6-7H2,1H3,(H,13,15). The van der Waals surface area contributed by atoms with Crippen molar-refractivity contribution >= 4 is 23.2 Å². The largest absolute Gasteiger partial charge is 0.352 e. The number of carbonyl (C=O) groups excluding carboxylic acids is 1. The summed E-state index contributed by atoms with van der Waals surface area (Å²) < 4.78 is 0. The first-order valence-corrected chi connectivity index (χ1v) is 5.66. The van der Waals surface area contributed by atoms with E-state index in [4.69, 9.17) is 11.6 Å². The van der Waals surface area contributed by atoms with Crippen molar-refractivity contribution in [1.29, 1.82) is 0 Å². The molecule has 17 heavy (non-hydrogen) atoms. The summed E-state index contributed by atoms with van der Waals surface area (Å²) in [6, 6.07) is 5.47. The normalized spacial score (nSPS) is 11.9. The highest BCUT2D eigenvalue weighted by molar-refractivity contribution is 6.18. The highest BCUT2D eigenvalue weighted by Gasteiger charge is 2.09. The number of non-ortho nitro benzene ring substituents is 1. The fraction of sp³-hybridized carbons (Fsp3) is 0.364. The predicted molar refractivity (Wildman–Crippen MR) is 65.3 cm³/mol. The van der Waals surface area contributed by atoms with E-state index in [-0.39, 0.29) is 17.5 Å². The molecule has 0 bridgehead atoms. The number of amides is 1. The Kier molecular flexibility index (Phi) is 4.90. The Labute approximate surface area is 104 Å². The number of nitro groups is 1. The lowest BCUT2D eigenvalue weighted by Crippen LogP contribution is -2.28. The molecule has 1 amide bonds. The number of alkyl halides is 1. The molecule has 0 aromatic heterocycles. The van der Waals surface area contributed by atoms with Gasteiger partial charge in [0, 0.05) is 30.1 Å². The van der Waals surface area contributed by atoms with E-state index in [1.807, 2.05) is 6.92 Å². The number of rotatable bonds is 5. The van der Waals surface area contributed by atoms with E-state index in [0.717, 1.165) is 0 Å². The van der Waals surface area contributed by atoms with E-state index in [1.165, 1.54) is 24.3 Å². The summed E-state index contributed by atoms with van der Waals surface area (Å²) >= 11 is 5.61. The van der Waals surface area contributed by atoms with Crippen LogP contribution in [-0.2, 0) is 0 Å². The molecular weight excluding hydrogens is 244 g/mol. The molecule has 92 valence electrons. The third kappa shape index (κ3) is 4.03. The number of halogens is 1. The number of hydrogen-bond donors (Lipinski definition) is 1. The van der Waals surface area contributed by atoms with Gasteiger partial charge in [-0.2, -0.15) is 0 Å². The summed E-state index contributed by atoms with van der Waals surface area (Å²) in [4.78, 5) is 21.5. The van der Waals surface area contributed by atoms with Crippen LogP contribution in [0.1, 0.15) is 17.3 Å². The maximum Gasteiger partial charge on any atom is 0.269 e. The SMILES string of the molecule is CC(CCl)CNC(=O)c1ccc([N+](=O)[O-])cc1. The lowest BCUT2D eigenvalue weighted by atomic mass is 10.1. The molecule has 0 heterocycles. The maximum absolute atomic E-state index is 11.6. The molecule has 0 radical (unpaired) electrons. The minimum absolute atomic E-state index is 0.0318. The summed E-state index contributed by atoms with van der Waals surface area (Å²) in [7, 11) is 0. The number of hydrogen-bond acceptors (Lipinski definition) is 3. The van der Waals surface area contributed by atoms with Gasteiger partial charge in [-0.3, -0.25) is 14.9 Å². The zero-order valence-electron chi connectivity index (χ0n) is 9.35. The Bertz CT molecular complexity index is 406. The Hall–Kier alpha value is -1.62. The molecule has 0 aliphatic rings. The van der Waals surface area contributed by atoms with Crippen LogP contribution < -0.4 is 5.32 Å². The lowest BCUT2D eigenvalue weighted by Gasteiger charge is -2.09. The molecule has 1 N–H and O–H groups in total. The molecule has 0 fully saturated rings. The molecule has 1 aromatic carbocycles. The van der Waals surface area contributed by atoms with Gasteiger partial charge in [-0.15, -0.1) is 11.6 Å². The lowest BCUT2D eigenvalue weighted by molar-refractivity contribution is -0.384. The van der Waals surface area contributed by atoms with Crippen LogP contribution >= 0.6 is 11.6 Å². The van der Waals surface area contributed by atoms with Crippen LogP contribution in [0.5, 0.6) is 0 Å². The summed E-state index contributed by atoms with van der Waals surface area (Å²) in [6.45, 7) is 2.41. The highest BCUT2D eigenvalue weighted by Crippen LogP contribution is 2.11. The second kappa shape index (κ2) is 6.20. The minimum Gasteiger partial charge on any atom is -0.352 e. The Balaban J connectivity index is 2.61. The van der Waals surface area contributed by atoms with Crippen molar-refractivity contribution in [3.05, 3.63) is 39.9 Å². The van der Waals surface area contributed by atoms with E-state index in [0.29, 0.717) is 18.0 Å². The van der Waals surface area contributed by atoms with Crippen molar-refractivity contribution in [2.45, 2.75) is 6.92 Å². The molecule has 1 unspecified atom stereocenters. The Morgan fingerprint density at radius 2 is 2.06 bits per heavy atom. The smallest absolute Gasteiger partial charge is 0.269 e. The van der Waals surface area contributed by atoms with Gasteiger partial charge in [0.15, 0.2) is 0 Å². The van der Waals surface area contributed by atoms with E-state index in [9.17, 15) is 14.9 Å². The van der Waals surface area contributed by atoms with Gasteiger partial charge in [0.05, 0.1) is 4.92 Å². The molecule has 0 spiro atoms. The molecule has 5 nitrogen and oxygen atoms in total. The number of nitrogens with one attached hydrogen (secondary N) is 1. The Morgan fingerprint density at radius 1 is 1.47 bits per heavy atom. The number of benzene rings is 1. The topological polar surface area (TPSA) is 72.2 Å². The van der Waals surface area contributed by atoms with E-state index in [1.54, 1.807) is 0 Å². The van der Waals surface area contributed by atoms with Gasteiger partial charge in [-0.05, 0) is 18.1 Å². The van der Waals surface area contributed by atoms with Gasteiger partial charge < -0.3 is 5.32 Å². The van der Waals surface area contributed by atoms with Crippen LogP contribution in [0.15, 0.2) is 24.3 Å². The first-order chi connectivity index (χ1) is 8.04. The van der Waals surface area contributed by atoms with Crippen molar-refractivity contribution in [2.75, 3.05) is 12.4 Å². The second-order valence-electron chi connectivity index (χ2n) is 3.77. The van der Waals surface area contributed by atoms with Crippen molar-refractivity contribution in [3.8, 4) is 0 Å². The number of carbonyl (C=O) groups is 1. The van der Waals surface area contributed by atoms with Gasteiger partial charge in [0.25, 0.3) is 11.6 Å². The summed E-state index contributed by atoms with van der Waals surface area (Å²) in [5.41, 5.74) is 0.369. The van der Waals surface area contributed by atoms with Crippen molar-refractivity contribution in [2.24, 2.45) is 5.92 Å². The molecule has 1 rings (SSSR count). The number of nitro benzene ring substituents is 1. The van der Waals surface area contributed by atoms with Crippen molar-refractivity contribution in [3.63, 3.8) is 0 Å². The van der Waals surface area contributed by atoms with Gasteiger partial charge >= 0.3 is 0 Å². The quantitative estimate of drug-likeness (QED) is 0.499. The van der Waals surface area contributed by atoms with Crippen LogP contribution in [0.2, 0.25) is 0 Å². The van der Waals surface area contributed by atoms with Crippen LogP contribution in [-0.4, -0.2) is 23.3 Å². The molecule has 0 saturated carbocycles. The number of nitrogens with zero attached hydrogens (tertiary/aromatic N) is 1. The van der Waals surface area contributed by atoms with E-state index >= 15 is 0 Å². The first kappa shape index (κ1) is 13.4. The van der Waals surface area contributed by atoms with Crippen molar-refractivity contribution in [1.82, 2.24) is 5.32 Å². The zero-order valence-corrected chi connectivity index (χ0v) is 10.1. The maximum atomic E-state index is 11.6. The van der Waals surface area contributed by atoms with Gasteiger partial charge in [0.2, 0.25) is 0 Å². The van der Waals surface area contributed by atoms with Crippen LogP contribution in [0.25, 0.3) is 0 Å². The minimum atomic E-state index is -0.503. The van der Waals surface area contributed by atoms with E-state index < -0.39 is 4.92 Å². The monoisotopic (exact) mass is 256 g/mol. The molecule has 0 aliphatic carbocycles. The van der Waals surface area contributed by atoms with Crippen LogP contribution in [0.3, 0.4) is 0 Å². The first-order valence-electron chi connectivity index (χ1n) is 5.13. The highest BCUT2D eigenvalue weighted by atomic mass is 35.5. The summed E-state index contributed by atoms with van der Waals surface area (Å²) in [6.07, 6.45) is 0. The van der Waals surface area contributed by atoms with Crippen LogP contribution in [0, 0.1) is 16.0 Å².